The molecule has 0 bridgehead atoms. The van der Waals surface area contributed by atoms with Gasteiger partial charge in [0.15, 0.2) is 17.9 Å². The number of hydrogen-bond donors (Lipinski definition) is 1. The molecular formula is C20H26N2O8S. The van der Waals surface area contributed by atoms with Crippen molar-refractivity contribution in [1.82, 2.24) is 0 Å². The standard InChI is InChI=1S/C20H26N2O8S/c1-19(2)27-14-12(26-18-16(15(14)28-19)29-20(3,4)30-18)8-25-11-7-5-6-10-9-31(23,24)22-17(21)13(10)11/h5-7,12,14-16,18H,8-9H2,1-4H3,(H2,21,22)/t12?,14-,15+,16+,18+/m0/s1. The fraction of sp³-hybridized carbons (Fsp3) is 0.650. The van der Waals surface area contributed by atoms with Crippen molar-refractivity contribution in [3.63, 3.8) is 0 Å². The van der Waals surface area contributed by atoms with E-state index in [0.29, 0.717) is 16.9 Å². The van der Waals surface area contributed by atoms with Crippen LogP contribution in [0.3, 0.4) is 0 Å². The third-order valence-corrected chi connectivity index (χ3v) is 6.75. The van der Waals surface area contributed by atoms with Gasteiger partial charge in [-0.15, -0.1) is 4.40 Å². The van der Waals surface area contributed by atoms with Gasteiger partial charge in [-0.05, 0) is 39.3 Å². The summed E-state index contributed by atoms with van der Waals surface area (Å²) in [7, 11) is -3.63. The van der Waals surface area contributed by atoms with Crippen LogP contribution in [0.5, 0.6) is 5.75 Å². The van der Waals surface area contributed by atoms with Crippen molar-refractivity contribution in [2.75, 3.05) is 6.61 Å². The van der Waals surface area contributed by atoms with Gasteiger partial charge in [-0.1, -0.05) is 12.1 Å². The van der Waals surface area contributed by atoms with E-state index in [1.807, 2.05) is 27.7 Å². The van der Waals surface area contributed by atoms with Crippen LogP contribution in [0.2, 0.25) is 0 Å². The Labute approximate surface area is 180 Å². The number of nitrogens with two attached hydrogens (primary N) is 1. The van der Waals surface area contributed by atoms with Gasteiger partial charge in [0, 0.05) is 0 Å². The molecule has 0 aliphatic carbocycles. The second kappa shape index (κ2) is 6.87. The Hall–Kier alpha value is -1.76. The smallest absolute Gasteiger partial charge is 0.259 e. The van der Waals surface area contributed by atoms with Crippen LogP contribution in [0.1, 0.15) is 38.8 Å². The zero-order valence-corrected chi connectivity index (χ0v) is 18.5. The second-order valence-corrected chi connectivity index (χ2v) is 10.6. The Bertz CT molecular complexity index is 1040. The number of ether oxygens (including phenoxy) is 6. The van der Waals surface area contributed by atoms with Crippen LogP contribution in [-0.2, 0) is 39.5 Å². The lowest BCUT2D eigenvalue weighted by Gasteiger charge is -2.37. The van der Waals surface area contributed by atoms with Crippen molar-refractivity contribution in [2.45, 2.75) is 75.7 Å². The summed E-state index contributed by atoms with van der Waals surface area (Å²) >= 11 is 0. The molecule has 2 N–H and O–H groups in total. The Balaban J connectivity index is 1.39. The summed E-state index contributed by atoms with van der Waals surface area (Å²) in [5, 5.41) is 0. The van der Waals surface area contributed by atoms with Crippen LogP contribution >= 0.6 is 0 Å². The number of fused-ring (bicyclic) bond motifs is 4. The molecule has 0 aromatic heterocycles. The fourth-order valence-electron chi connectivity index (χ4n) is 4.53. The maximum Gasteiger partial charge on any atom is 0.259 e. The summed E-state index contributed by atoms with van der Waals surface area (Å²) in [4.78, 5) is 0. The SMILES string of the molecule is CC1(C)O[C@H]2OC(COc3cccc4c3C(N)=NS(=O)(=O)C4)[C@@H]3OC(C)(C)O[C@H]3[C@H]2O1. The quantitative estimate of drug-likeness (QED) is 0.711. The third kappa shape index (κ3) is 3.83. The molecule has 10 nitrogen and oxygen atoms in total. The van der Waals surface area contributed by atoms with Crippen molar-refractivity contribution < 1.29 is 36.8 Å². The second-order valence-electron chi connectivity index (χ2n) is 9.01. The highest BCUT2D eigenvalue weighted by molar-refractivity contribution is 7.89. The van der Waals surface area contributed by atoms with Crippen molar-refractivity contribution in [1.29, 1.82) is 0 Å². The van der Waals surface area contributed by atoms with E-state index in [1.165, 1.54) is 0 Å². The van der Waals surface area contributed by atoms with Gasteiger partial charge in [0.25, 0.3) is 10.0 Å². The molecule has 31 heavy (non-hydrogen) atoms. The summed E-state index contributed by atoms with van der Waals surface area (Å²) in [6.45, 7) is 7.43. The molecule has 5 rings (SSSR count). The molecule has 1 unspecified atom stereocenters. The maximum atomic E-state index is 11.9. The average Bonchev–Trinajstić information content (AvgIpc) is 3.12. The zero-order chi connectivity index (χ0) is 22.2. The Morgan fingerprint density at radius 2 is 1.74 bits per heavy atom. The van der Waals surface area contributed by atoms with Crippen molar-refractivity contribution in [3.05, 3.63) is 29.3 Å². The van der Waals surface area contributed by atoms with Crippen molar-refractivity contribution >= 4 is 15.9 Å². The van der Waals surface area contributed by atoms with E-state index in [-0.39, 0.29) is 24.3 Å². The lowest BCUT2D eigenvalue weighted by Crippen LogP contribution is -2.56. The first-order valence-corrected chi connectivity index (χ1v) is 11.7. The van der Waals surface area contributed by atoms with Crippen LogP contribution < -0.4 is 10.5 Å². The minimum Gasteiger partial charge on any atom is -0.490 e. The fourth-order valence-corrected chi connectivity index (χ4v) is 5.62. The molecule has 4 aliphatic heterocycles. The third-order valence-electron chi connectivity index (χ3n) is 5.60. The highest BCUT2D eigenvalue weighted by Gasteiger charge is 2.60. The van der Waals surface area contributed by atoms with Crippen LogP contribution in [-0.4, -0.2) is 63.1 Å². The molecule has 0 radical (unpaired) electrons. The van der Waals surface area contributed by atoms with E-state index in [2.05, 4.69) is 4.40 Å². The number of amidine groups is 1. The maximum absolute atomic E-state index is 11.9. The molecule has 4 heterocycles. The van der Waals surface area contributed by atoms with Crippen molar-refractivity contribution in [2.24, 2.45) is 10.1 Å². The normalized spacial score (nSPS) is 36.8. The summed E-state index contributed by atoms with van der Waals surface area (Å²) in [5.74, 6) is -1.49. The number of sulfonamides is 1. The minimum atomic E-state index is -3.63. The van der Waals surface area contributed by atoms with Crippen LogP contribution in [0.4, 0.5) is 0 Å². The van der Waals surface area contributed by atoms with E-state index in [9.17, 15) is 8.42 Å². The van der Waals surface area contributed by atoms with E-state index >= 15 is 0 Å². The van der Waals surface area contributed by atoms with Gasteiger partial charge < -0.3 is 34.2 Å². The zero-order valence-electron chi connectivity index (χ0n) is 17.7. The predicted octanol–water partition coefficient (Wildman–Crippen LogP) is 1.01. The molecule has 0 spiro atoms. The van der Waals surface area contributed by atoms with Gasteiger partial charge in [-0.25, -0.2) is 8.42 Å². The van der Waals surface area contributed by atoms with Gasteiger partial charge in [0.1, 0.15) is 42.6 Å². The molecule has 5 atom stereocenters. The van der Waals surface area contributed by atoms with Crippen LogP contribution in [0, 0.1) is 0 Å². The Kier molecular flexibility index (Phi) is 4.68. The lowest BCUT2D eigenvalue weighted by molar-refractivity contribution is -0.238. The molecule has 3 fully saturated rings. The molecule has 3 saturated heterocycles. The lowest BCUT2D eigenvalue weighted by atomic mass is 9.99. The van der Waals surface area contributed by atoms with Gasteiger partial charge in [-0.3, -0.25) is 0 Å². The van der Waals surface area contributed by atoms with E-state index in [0.717, 1.165) is 0 Å². The monoisotopic (exact) mass is 454 g/mol. The number of rotatable bonds is 3. The molecular weight excluding hydrogens is 428 g/mol. The van der Waals surface area contributed by atoms with Gasteiger partial charge in [0.2, 0.25) is 0 Å². The molecule has 11 heteroatoms. The minimum absolute atomic E-state index is 0.0878. The van der Waals surface area contributed by atoms with E-state index in [1.54, 1.807) is 18.2 Å². The first kappa shape index (κ1) is 21.1. The van der Waals surface area contributed by atoms with Crippen LogP contribution in [0.15, 0.2) is 22.6 Å². The largest absolute Gasteiger partial charge is 0.490 e. The molecule has 4 aliphatic rings. The Morgan fingerprint density at radius 1 is 1.06 bits per heavy atom. The summed E-state index contributed by atoms with van der Waals surface area (Å²) in [6.07, 6.45) is -2.36. The predicted molar refractivity (Wildman–Crippen MR) is 108 cm³/mol. The van der Waals surface area contributed by atoms with E-state index in [4.69, 9.17) is 34.2 Å². The average molecular weight is 455 g/mol. The molecule has 170 valence electrons. The first-order valence-electron chi connectivity index (χ1n) is 10.1. The summed E-state index contributed by atoms with van der Waals surface area (Å²) < 4.78 is 63.7. The number of hydrogen-bond acceptors (Lipinski definition) is 9. The number of nitrogens with zero attached hydrogens (tertiary/aromatic N) is 1. The van der Waals surface area contributed by atoms with Gasteiger partial charge >= 0.3 is 0 Å². The van der Waals surface area contributed by atoms with Gasteiger partial charge in [0.05, 0.1) is 11.3 Å². The molecule has 1 aromatic carbocycles. The topological polar surface area (TPSA) is 128 Å². The van der Waals surface area contributed by atoms with Crippen molar-refractivity contribution in [3.8, 4) is 5.75 Å². The van der Waals surface area contributed by atoms with Crippen LogP contribution in [0.25, 0.3) is 0 Å². The summed E-state index contributed by atoms with van der Waals surface area (Å²) in [5.41, 5.74) is 6.96. The first-order chi connectivity index (χ1) is 14.4. The van der Waals surface area contributed by atoms with E-state index < -0.39 is 46.2 Å². The summed E-state index contributed by atoms with van der Waals surface area (Å²) in [6, 6.07) is 5.13. The highest BCUT2D eigenvalue weighted by Crippen LogP contribution is 2.44. The molecule has 0 amide bonds. The van der Waals surface area contributed by atoms with Gasteiger partial charge in [-0.2, -0.15) is 0 Å². The molecule has 1 aromatic rings. The Morgan fingerprint density at radius 3 is 2.52 bits per heavy atom. The number of benzene rings is 1. The highest BCUT2D eigenvalue weighted by atomic mass is 32.2. The molecule has 0 saturated carbocycles.